The molecule has 3 aliphatic carbocycles. The van der Waals surface area contributed by atoms with E-state index >= 15 is 0 Å². The Morgan fingerprint density at radius 1 is 0.362 bits per heavy atom. The van der Waals surface area contributed by atoms with Crippen LogP contribution in [0.15, 0.2) is 127 Å². The SMILES string of the molecule is O=P(Oc1ccc(-c2ccc3cc2CC3)cc1)(Oc1ccc(-c2ccc3cc2CC3)cc1)Oc1ccc(-c2ccc3cc2CC3)cc1. The molecule has 0 saturated heterocycles. The van der Waals surface area contributed by atoms with Gasteiger partial charge < -0.3 is 13.6 Å². The number of phosphoric acid groups is 1. The highest BCUT2D eigenvalue weighted by molar-refractivity contribution is 7.49. The van der Waals surface area contributed by atoms with Gasteiger partial charge in [-0.1, -0.05) is 91.0 Å². The molecule has 0 radical (unpaired) electrons. The molecule has 0 fully saturated rings. The first kappa shape index (κ1) is 28.2. The fraction of sp³-hybridized carbons (Fsp3) is 0.143. The summed E-state index contributed by atoms with van der Waals surface area (Å²) in [6, 6.07) is 42.9. The zero-order valence-corrected chi connectivity index (χ0v) is 26.8. The van der Waals surface area contributed by atoms with Crippen LogP contribution in [0, 0.1) is 0 Å². The Morgan fingerprint density at radius 3 is 0.957 bits per heavy atom. The molecule has 0 aromatic heterocycles. The Bertz CT molecular complexity index is 1930. The Kier molecular flexibility index (Phi) is 6.80. The van der Waals surface area contributed by atoms with Gasteiger partial charge in [-0.25, -0.2) is 0 Å². The van der Waals surface area contributed by atoms with E-state index in [0.29, 0.717) is 17.2 Å². The zero-order valence-electron chi connectivity index (χ0n) is 25.9. The van der Waals surface area contributed by atoms with E-state index in [1.54, 1.807) is 0 Å². The van der Waals surface area contributed by atoms with Gasteiger partial charge in [0.05, 0.1) is 0 Å². The first-order valence-corrected chi connectivity index (χ1v) is 17.9. The van der Waals surface area contributed by atoms with Gasteiger partial charge in [0.25, 0.3) is 0 Å². The second kappa shape index (κ2) is 11.3. The van der Waals surface area contributed by atoms with E-state index < -0.39 is 7.82 Å². The minimum Gasteiger partial charge on any atom is -0.386 e. The molecule has 4 nitrogen and oxygen atoms in total. The van der Waals surface area contributed by atoms with Crippen LogP contribution in [0.3, 0.4) is 0 Å². The second-order valence-corrected chi connectivity index (χ2v) is 14.2. The molecule has 6 aromatic rings. The first-order chi connectivity index (χ1) is 23.0. The van der Waals surface area contributed by atoms with Gasteiger partial charge in [-0.05, 0) is 142 Å². The van der Waals surface area contributed by atoms with Crippen molar-refractivity contribution in [3.63, 3.8) is 0 Å². The molecule has 6 bridgehead atoms. The Morgan fingerprint density at radius 2 is 0.660 bits per heavy atom. The number of benzene rings is 6. The molecule has 0 atom stereocenters. The molecule has 0 amide bonds. The van der Waals surface area contributed by atoms with Gasteiger partial charge in [-0.15, -0.1) is 0 Å². The summed E-state index contributed by atoms with van der Waals surface area (Å²) < 4.78 is 32.7. The predicted molar refractivity (Wildman–Crippen MR) is 187 cm³/mol. The van der Waals surface area contributed by atoms with Crippen molar-refractivity contribution in [3.8, 4) is 50.6 Å². The Hall–Kier alpha value is -5.05. The van der Waals surface area contributed by atoms with Crippen molar-refractivity contribution in [3.05, 3.63) is 161 Å². The van der Waals surface area contributed by atoms with Gasteiger partial charge in [-0.3, -0.25) is 0 Å². The van der Waals surface area contributed by atoms with Crippen molar-refractivity contribution in [2.24, 2.45) is 0 Å². The van der Waals surface area contributed by atoms with E-state index in [1.807, 2.05) is 72.8 Å². The van der Waals surface area contributed by atoms with Crippen molar-refractivity contribution < 1.29 is 18.1 Å². The third-order valence-electron chi connectivity index (χ3n) is 9.71. The van der Waals surface area contributed by atoms with Crippen molar-refractivity contribution >= 4 is 7.82 Å². The molecule has 0 spiro atoms. The monoisotopic (exact) mass is 632 g/mol. The maximum absolute atomic E-state index is 14.4. The molecule has 47 heavy (non-hydrogen) atoms. The molecule has 0 heterocycles. The van der Waals surface area contributed by atoms with E-state index in [-0.39, 0.29) is 0 Å². The van der Waals surface area contributed by atoms with Gasteiger partial charge in [0.2, 0.25) is 0 Å². The summed E-state index contributed by atoms with van der Waals surface area (Å²) in [6.45, 7) is 0. The Labute approximate surface area is 275 Å². The number of hydrogen-bond acceptors (Lipinski definition) is 4. The van der Waals surface area contributed by atoms with E-state index in [9.17, 15) is 4.57 Å². The fourth-order valence-electron chi connectivity index (χ4n) is 7.24. The second-order valence-electron chi connectivity index (χ2n) is 12.8. The van der Waals surface area contributed by atoms with Gasteiger partial charge in [0, 0.05) is 0 Å². The topological polar surface area (TPSA) is 44.8 Å². The fourth-order valence-corrected chi connectivity index (χ4v) is 8.49. The van der Waals surface area contributed by atoms with Crippen molar-refractivity contribution in [1.82, 2.24) is 0 Å². The molecule has 5 heteroatoms. The standard InChI is InChI=1S/C42H33O4P/c43-47(44-37-16-10-31(11-17-37)40-22-4-28-1-7-34(40)25-28,45-38-18-12-32(13-19-38)41-23-5-29-2-8-35(41)26-29)46-39-20-14-33(15-21-39)42-24-6-30-3-9-36(42)27-30/h4-6,10-27H,1-3,7-9H2. The number of aryl methyl sites for hydroxylation is 6. The number of phosphoric ester groups is 1. The van der Waals surface area contributed by atoms with E-state index in [0.717, 1.165) is 55.2 Å². The highest BCUT2D eigenvalue weighted by Gasteiger charge is 2.33. The normalized spacial score (nSPS) is 14.0. The van der Waals surface area contributed by atoms with Crippen molar-refractivity contribution in [2.45, 2.75) is 38.5 Å². The third-order valence-corrected chi connectivity index (χ3v) is 11.0. The molecule has 230 valence electrons. The lowest BCUT2D eigenvalue weighted by Crippen LogP contribution is -2.07. The summed E-state index contributed by atoms with van der Waals surface area (Å²) in [6.07, 6.45) is 6.46. The quantitative estimate of drug-likeness (QED) is 0.149. The largest absolute Gasteiger partial charge is 0.647 e. The molecule has 0 aliphatic heterocycles. The maximum atomic E-state index is 14.4. The lowest BCUT2D eigenvalue weighted by Gasteiger charge is -2.20. The summed E-state index contributed by atoms with van der Waals surface area (Å²) in [4.78, 5) is 0. The molecular weight excluding hydrogens is 599 g/mol. The van der Waals surface area contributed by atoms with E-state index in [2.05, 4.69) is 54.6 Å². The average molecular weight is 633 g/mol. The number of rotatable bonds is 9. The molecule has 3 aliphatic rings. The van der Waals surface area contributed by atoms with Crippen LogP contribution in [-0.2, 0) is 43.1 Å². The highest BCUT2D eigenvalue weighted by atomic mass is 31.2. The summed E-state index contributed by atoms with van der Waals surface area (Å²) in [7, 11) is -4.17. The zero-order chi connectivity index (χ0) is 31.4. The van der Waals surface area contributed by atoms with Crippen LogP contribution in [0.25, 0.3) is 33.4 Å². The maximum Gasteiger partial charge on any atom is 0.647 e. The van der Waals surface area contributed by atoms with Crippen LogP contribution in [0.1, 0.15) is 33.4 Å². The minimum atomic E-state index is -4.17. The predicted octanol–water partition coefficient (Wildman–Crippen LogP) is 10.6. The average Bonchev–Trinajstić information content (AvgIpc) is 3.79. The molecule has 0 saturated carbocycles. The first-order valence-electron chi connectivity index (χ1n) is 16.4. The number of fused-ring (bicyclic) bond motifs is 6. The van der Waals surface area contributed by atoms with Gasteiger partial charge in [0.1, 0.15) is 17.2 Å². The summed E-state index contributed by atoms with van der Waals surface area (Å²) in [5, 5.41) is 0. The molecular formula is C42H33O4P. The van der Waals surface area contributed by atoms with Gasteiger partial charge >= 0.3 is 7.82 Å². The smallest absolute Gasteiger partial charge is 0.386 e. The van der Waals surface area contributed by atoms with Crippen LogP contribution in [0.4, 0.5) is 0 Å². The van der Waals surface area contributed by atoms with E-state index in [4.69, 9.17) is 13.6 Å². The summed E-state index contributed by atoms with van der Waals surface area (Å²) in [5.74, 6) is 1.22. The molecule has 0 unspecified atom stereocenters. The van der Waals surface area contributed by atoms with Gasteiger partial charge in [0.15, 0.2) is 0 Å². The molecule has 0 N–H and O–H groups in total. The molecule has 6 aromatic carbocycles. The Balaban J connectivity index is 0.990. The van der Waals surface area contributed by atoms with Crippen molar-refractivity contribution in [2.75, 3.05) is 0 Å². The van der Waals surface area contributed by atoms with Crippen LogP contribution in [-0.4, -0.2) is 0 Å². The van der Waals surface area contributed by atoms with Crippen LogP contribution in [0.2, 0.25) is 0 Å². The third kappa shape index (κ3) is 5.53. The summed E-state index contributed by atoms with van der Waals surface area (Å²) >= 11 is 0. The van der Waals surface area contributed by atoms with Crippen molar-refractivity contribution in [1.29, 1.82) is 0 Å². The van der Waals surface area contributed by atoms with Gasteiger partial charge in [-0.2, -0.15) is 4.57 Å². The highest BCUT2D eigenvalue weighted by Crippen LogP contribution is 2.50. The molecule has 9 rings (SSSR count). The lowest BCUT2D eigenvalue weighted by molar-refractivity contribution is 0.298. The van der Waals surface area contributed by atoms with Crippen LogP contribution < -0.4 is 13.6 Å². The van der Waals surface area contributed by atoms with E-state index in [1.165, 1.54) is 50.1 Å². The van der Waals surface area contributed by atoms with Crippen LogP contribution in [0.5, 0.6) is 17.2 Å². The minimum absolute atomic E-state index is 0.407. The lowest BCUT2D eigenvalue weighted by atomic mass is 10.0. The number of hydrogen-bond donors (Lipinski definition) is 0. The summed E-state index contributed by atoms with van der Waals surface area (Å²) in [5.41, 5.74) is 15.2. The van der Waals surface area contributed by atoms with Crippen LogP contribution >= 0.6 is 7.82 Å².